The molecule has 0 amide bonds. The van der Waals surface area contributed by atoms with Gasteiger partial charge in [0.15, 0.2) is 0 Å². The number of hydrogen-bond acceptors (Lipinski definition) is 3. The molecule has 0 aromatic heterocycles. The number of hydrogen-bond donors (Lipinski definition) is 2. The summed E-state index contributed by atoms with van der Waals surface area (Å²) in [6.07, 6.45) is 1.26. The van der Waals surface area contributed by atoms with Gasteiger partial charge in [0, 0.05) is 35.1 Å². The average molecular weight is 217 g/mol. The van der Waals surface area contributed by atoms with Crippen molar-refractivity contribution in [1.29, 1.82) is 0 Å². The SMILES string of the molecule is CC(=CCCS(=O)(=O)O)C(=O)O.[Na]. The molecule has 0 aromatic carbocycles. The summed E-state index contributed by atoms with van der Waals surface area (Å²) in [6, 6.07) is 0. The predicted octanol–water partition coefficient (Wildman–Crippen LogP) is -0.0856. The van der Waals surface area contributed by atoms with Crippen molar-refractivity contribution in [3.8, 4) is 0 Å². The Morgan fingerprint density at radius 2 is 1.92 bits per heavy atom. The second-order valence-corrected chi connectivity index (χ2v) is 3.84. The van der Waals surface area contributed by atoms with Crippen LogP contribution in [0.25, 0.3) is 0 Å². The number of allylic oxidation sites excluding steroid dienone is 1. The minimum Gasteiger partial charge on any atom is -0.478 e. The normalized spacial score (nSPS) is 12.0. The molecule has 0 unspecified atom stereocenters. The van der Waals surface area contributed by atoms with Gasteiger partial charge in [0.05, 0.1) is 5.75 Å². The van der Waals surface area contributed by atoms with E-state index in [1.54, 1.807) is 0 Å². The molecular formula is C6H10NaO5S. The molecule has 71 valence electrons. The van der Waals surface area contributed by atoms with Crippen LogP contribution < -0.4 is 0 Å². The van der Waals surface area contributed by atoms with E-state index in [4.69, 9.17) is 9.66 Å². The van der Waals surface area contributed by atoms with Crippen molar-refractivity contribution in [3.05, 3.63) is 11.6 Å². The van der Waals surface area contributed by atoms with Crippen LogP contribution in [-0.4, -0.2) is 59.4 Å². The molecule has 0 aliphatic carbocycles. The number of carbonyl (C=O) groups is 1. The van der Waals surface area contributed by atoms with Crippen LogP contribution in [0.1, 0.15) is 13.3 Å². The largest absolute Gasteiger partial charge is 0.478 e. The van der Waals surface area contributed by atoms with E-state index in [1.165, 1.54) is 13.0 Å². The van der Waals surface area contributed by atoms with Crippen molar-refractivity contribution in [2.45, 2.75) is 13.3 Å². The Morgan fingerprint density at radius 3 is 2.23 bits per heavy atom. The molecule has 0 bridgehead atoms. The maximum atomic E-state index is 10.2. The Hall–Kier alpha value is 0.120. The summed E-state index contributed by atoms with van der Waals surface area (Å²) in [6.45, 7) is 1.35. The van der Waals surface area contributed by atoms with E-state index < -0.39 is 21.8 Å². The Bertz CT molecular complexity index is 292. The maximum absolute atomic E-state index is 10.2. The molecule has 0 fully saturated rings. The summed E-state index contributed by atoms with van der Waals surface area (Å²) >= 11 is 0. The summed E-state index contributed by atoms with van der Waals surface area (Å²) in [5.41, 5.74) is 0.0682. The fourth-order valence-corrected chi connectivity index (χ4v) is 0.927. The van der Waals surface area contributed by atoms with Gasteiger partial charge in [-0.15, -0.1) is 0 Å². The monoisotopic (exact) mass is 217 g/mol. The smallest absolute Gasteiger partial charge is 0.330 e. The third-order valence-electron chi connectivity index (χ3n) is 1.16. The minimum atomic E-state index is -3.98. The molecule has 5 nitrogen and oxygen atoms in total. The van der Waals surface area contributed by atoms with Gasteiger partial charge in [0.2, 0.25) is 0 Å². The Kier molecular flexibility index (Phi) is 7.86. The van der Waals surface area contributed by atoms with Gasteiger partial charge in [-0.2, -0.15) is 8.42 Å². The number of aliphatic carboxylic acids is 1. The first-order valence-corrected chi connectivity index (χ1v) is 4.79. The second kappa shape index (κ2) is 6.56. The van der Waals surface area contributed by atoms with E-state index >= 15 is 0 Å². The van der Waals surface area contributed by atoms with Crippen molar-refractivity contribution in [3.63, 3.8) is 0 Å². The van der Waals surface area contributed by atoms with Gasteiger partial charge in [-0.3, -0.25) is 4.55 Å². The topological polar surface area (TPSA) is 91.7 Å². The molecule has 0 atom stereocenters. The van der Waals surface area contributed by atoms with Gasteiger partial charge in [-0.05, 0) is 13.3 Å². The molecule has 0 spiro atoms. The summed E-state index contributed by atoms with van der Waals surface area (Å²) in [7, 11) is -3.98. The van der Waals surface area contributed by atoms with E-state index in [1.807, 2.05) is 0 Å². The fourth-order valence-electron chi connectivity index (χ4n) is 0.512. The second-order valence-electron chi connectivity index (χ2n) is 2.27. The minimum absolute atomic E-state index is 0. The van der Waals surface area contributed by atoms with Crippen LogP contribution in [0.3, 0.4) is 0 Å². The van der Waals surface area contributed by atoms with Crippen molar-refractivity contribution < 1.29 is 22.9 Å². The molecule has 0 saturated heterocycles. The van der Waals surface area contributed by atoms with Crippen molar-refractivity contribution >= 4 is 45.6 Å². The molecule has 13 heavy (non-hydrogen) atoms. The van der Waals surface area contributed by atoms with Crippen LogP contribution in [0.15, 0.2) is 11.6 Å². The predicted molar refractivity (Wildman–Crippen MR) is 48.2 cm³/mol. The van der Waals surface area contributed by atoms with Gasteiger partial charge >= 0.3 is 5.97 Å². The van der Waals surface area contributed by atoms with E-state index in [-0.39, 0.29) is 41.6 Å². The van der Waals surface area contributed by atoms with Gasteiger partial charge in [-0.25, -0.2) is 4.79 Å². The van der Waals surface area contributed by atoms with Crippen molar-refractivity contribution in [2.75, 3.05) is 5.75 Å². The molecule has 0 aliphatic heterocycles. The van der Waals surface area contributed by atoms with Gasteiger partial charge < -0.3 is 5.11 Å². The number of rotatable bonds is 4. The molecule has 2 N–H and O–H groups in total. The molecule has 0 heterocycles. The molecule has 0 saturated carbocycles. The standard InChI is InChI=1S/C6H10O5S.Na/c1-5(6(7)8)3-2-4-12(9,10)11;/h3H,2,4H2,1H3,(H,7,8)(H,9,10,11);. The average Bonchev–Trinajstić information content (AvgIpc) is 1.84. The van der Waals surface area contributed by atoms with E-state index in [2.05, 4.69) is 0 Å². The van der Waals surface area contributed by atoms with Crippen molar-refractivity contribution in [2.24, 2.45) is 0 Å². The first kappa shape index (κ1) is 15.6. The summed E-state index contributed by atoms with van der Waals surface area (Å²) in [5.74, 6) is -1.54. The Labute approximate surface area is 98.9 Å². The summed E-state index contributed by atoms with van der Waals surface area (Å²) in [4.78, 5) is 10.2. The van der Waals surface area contributed by atoms with E-state index in [0.717, 1.165) is 0 Å². The third-order valence-corrected chi connectivity index (χ3v) is 1.92. The van der Waals surface area contributed by atoms with Gasteiger partial charge in [0.1, 0.15) is 0 Å². The van der Waals surface area contributed by atoms with Crippen LogP contribution in [-0.2, 0) is 14.9 Å². The maximum Gasteiger partial charge on any atom is 0.330 e. The quantitative estimate of drug-likeness (QED) is 0.390. The Balaban J connectivity index is 0. The Morgan fingerprint density at radius 1 is 1.46 bits per heavy atom. The van der Waals surface area contributed by atoms with Crippen LogP contribution in [0, 0.1) is 0 Å². The molecular weight excluding hydrogens is 207 g/mol. The first-order valence-electron chi connectivity index (χ1n) is 3.18. The number of carboxylic acid groups (broad SMARTS) is 1. The zero-order valence-electron chi connectivity index (χ0n) is 7.52. The van der Waals surface area contributed by atoms with Gasteiger partial charge in [0.25, 0.3) is 10.1 Å². The molecule has 7 heteroatoms. The first-order chi connectivity index (χ1) is 5.33. The van der Waals surface area contributed by atoms with Crippen LogP contribution >= 0.6 is 0 Å². The van der Waals surface area contributed by atoms with Crippen LogP contribution in [0.4, 0.5) is 0 Å². The van der Waals surface area contributed by atoms with E-state index in [9.17, 15) is 13.2 Å². The van der Waals surface area contributed by atoms with Crippen LogP contribution in [0.5, 0.6) is 0 Å². The fraction of sp³-hybridized carbons (Fsp3) is 0.500. The number of carboxylic acids is 1. The molecule has 1 radical (unpaired) electrons. The third kappa shape index (κ3) is 10.0. The van der Waals surface area contributed by atoms with Gasteiger partial charge in [-0.1, -0.05) is 6.08 Å². The zero-order valence-corrected chi connectivity index (χ0v) is 10.3. The molecule has 0 rings (SSSR count). The van der Waals surface area contributed by atoms with Crippen molar-refractivity contribution in [1.82, 2.24) is 0 Å². The summed E-state index contributed by atoms with van der Waals surface area (Å²) < 4.78 is 28.6. The molecule has 0 aliphatic rings. The van der Waals surface area contributed by atoms with E-state index in [0.29, 0.717) is 0 Å². The zero-order chi connectivity index (χ0) is 9.78. The van der Waals surface area contributed by atoms with Crippen LogP contribution in [0.2, 0.25) is 0 Å². The summed E-state index contributed by atoms with van der Waals surface area (Å²) in [5, 5.41) is 8.33. The molecule has 0 aromatic rings.